The zero-order chi connectivity index (χ0) is 13.1. The summed E-state index contributed by atoms with van der Waals surface area (Å²) in [6, 6.07) is 0.275. The van der Waals surface area contributed by atoms with E-state index in [1.807, 2.05) is 18.5 Å². The van der Waals surface area contributed by atoms with Gasteiger partial charge in [0.15, 0.2) is 0 Å². The monoisotopic (exact) mass is 252 g/mol. The Morgan fingerprint density at radius 1 is 1.50 bits per heavy atom. The summed E-state index contributed by atoms with van der Waals surface area (Å²) >= 11 is 0. The number of carboxylic acid groups (broad SMARTS) is 1. The maximum atomic E-state index is 11.0. The number of nitrogens with one attached hydrogen (secondary N) is 1. The second-order valence-electron chi connectivity index (χ2n) is 5.00. The third-order valence-corrected chi connectivity index (χ3v) is 3.76. The average molecular weight is 252 g/mol. The molecule has 6 nitrogen and oxygen atoms in total. The van der Waals surface area contributed by atoms with Crippen LogP contribution >= 0.6 is 0 Å². The van der Waals surface area contributed by atoms with Gasteiger partial charge in [-0.2, -0.15) is 0 Å². The van der Waals surface area contributed by atoms with Crippen molar-refractivity contribution in [2.75, 3.05) is 0 Å². The van der Waals surface area contributed by atoms with Crippen LogP contribution in [0, 0.1) is 12.8 Å². The Hall–Kier alpha value is -1.43. The molecule has 0 bridgehead atoms. The highest BCUT2D eigenvalue weighted by Gasteiger charge is 2.26. The van der Waals surface area contributed by atoms with Gasteiger partial charge in [0.05, 0.1) is 12.5 Å². The minimum Gasteiger partial charge on any atom is -0.481 e. The Kier molecular flexibility index (Phi) is 3.96. The van der Waals surface area contributed by atoms with E-state index in [1.54, 1.807) is 0 Å². The van der Waals surface area contributed by atoms with E-state index in [9.17, 15) is 4.79 Å². The molecule has 1 fully saturated rings. The molecule has 0 aromatic carbocycles. The first kappa shape index (κ1) is 13.0. The van der Waals surface area contributed by atoms with Gasteiger partial charge in [-0.25, -0.2) is 0 Å². The highest BCUT2D eigenvalue weighted by Crippen LogP contribution is 2.24. The predicted molar refractivity (Wildman–Crippen MR) is 66.0 cm³/mol. The van der Waals surface area contributed by atoms with Crippen LogP contribution in [0.25, 0.3) is 0 Å². The molecule has 0 aliphatic heterocycles. The summed E-state index contributed by atoms with van der Waals surface area (Å²) in [5, 5.41) is 20.5. The highest BCUT2D eigenvalue weighted by molar-refractivity contribution is 5.70. The van der Waals surface area contributed by atoms with Gasteiger partial charge in [0.2, 0.25) is 0 Å². The minimum absolute atomic E-state index is 0.197. The van der Waals surface area contributed by atoms with Gasteiger partial charge in [-0.05, 0) is 26.2 Å². The molecule has 2 rings (SSSR count). The van der Waals surface area contributed by atoms with Crippen molar-refractivity contribution in [2.24, 2.45) is 13.0 Å². The second kappa shape index (κ2) is 5.48. The molecule has 2 unspecified atom stereocenters. The van der Waals surface area contributed by atoms with Crippen LogP contribution in [0.1, 0.15) is 37.3 Å². The summed E-state index contributed by atoms with van der Waals surface area (Å²) in [7, 11) is 1.94. The zero-order valence-corrected chi connectivity index (χ0v) is 10.9. The SMILES string of the molecule is Cc1nnc(CNC2CCCC(C(=O)O)C2)n1C. The van der Waals surface area contributed by atoms with Gasteiger partial charge in [0.25, 0.3) is 0 Å². The largest absolute Gasteiger partial charge is 0.481 e. The average Bonchev–Trinajstić information content (AvgIpc) is 2.68. The molecule has 0 radical (unpaired) electrons. The van der Waals surface area contributed by atoms with Crippen molar-refractivity contribution in [3.8, 4) is 0 Å². The lowest BCUT2D eigenvalue weighted by molar-refractivity contribution is -0.143. The van der Waals surface area contributed by atoms with E-state index in [0.717, 1.165) is 30.9 Å². The molecule has 0 saturated heterocycles. The lowest BCUT2D eigenvalue weighted by Gasteiger charge is -2.27. The van der Waals surface area contributed by atoms with Crippen LogP contribution in [0.4, 0.5) is 0 Å². The van der Waals surface area contributed by atoms with Crippen molar-refractivity contribution < 1.29 is 9.90 Å². The third kappa shape index (κ3) is 2.87. The van der Waals surface area contributed by atoms with Crippen molar-refractivity contribution in [1.29, 1.82) is 0 Å². The van der Waals surface area contributed by atoms with Gasteiger partial charge in [-0.15, -0.1) is 10.2 Å². The summed E-state index contributed by atoms with van der Waals surface area (Å²) < 4.78 is 1.95. The Morgan fingerprint density at radius 2 is 2.28 bits per heavy atom. The molecule has 0 amide bonds. The van der Waals surface area contributed by atoms with Crippen molar-refractivity contribution >= 4 is 5.97 Å². The number of hydrogen-bond donors (Lipinski definition) is 2. The van der Waals surface area contributed by atoms with Crippen LogP contribution in [0.3, 0.4) is 0 Å². The van der Waals surface area contributed by atoms with Gasteiger partial charge >= 0.3 is 5.97 Å². The van der Waals surface area contributed by atoms with Gasteiger partial charge in [-0.1, -0.05) is 6.42 Å². The molecule has 1 aliphatic rings. The molecule has 0 spiro atoms. The maximum absolute atomic E-state index is 11.0. The number of aliphatic carboxylic acids is 1. The van der Waals surface area contributed by atoms with Crippen LogP contribution in [-0.4, -0.2) is 31.9 Å². The van der Waals surface area contributed by atoms with Gasteiger partial charge in [0, 0.05) is 13.1 Å². The van der Waals surface area contributed by atoms with E-state index in [0.29, 0.717) is 13.0 Å². The Bertz CT molecular complexity index is 430. The molecule has 1 saturated carbocycles. The summed E-state index contributed by atoms with van der Waals surface area (Å²) in [5.74, 6) is 0.914. The fourth-order valence-corrected chi connectivity index (χ4v) is 2.44. The van der Waals surface area contributed by atoms with Crippen LogP contribution in [0.5, 0.6) is 0 Å². The third-order valence-electron chi connectivity index (χ3n) is 3.76. The van der Waals surface area contributed by atoms with Crippen LogP contribution in [0.15, 0.2) is 0 Å². The standard InChI is InChI=1S/C12H20N4O2/c1-8-14-15-11(16(8)2)7-13-10-5-3-4-9(6-10)12(17)18/h9-10,13H,3-7H2,1-2H3,(H,17,18). The van der Waals surface area contributed by atoms with E-state index < -0.39 is 5.97 Å². The fourth-order valence-electron chi connectivity index (χ4n) is 2.44. The molecular formula is C12H20N4O2. The van der Waals surface area contributed by atoms with Crippen molar-refractivity contribution in [2.45, 2.75) is 45.2 Å². The van der Waals surface area contributed by atoms with E-state index >= 15 is 0 Å². The van der Waals surface area contributed by atoms with E-state index in [2.05, 4.69) is 15.5 Å². The molecule has 1 aliphatic carbocycles. The van der Waals surface area contributed by atoms with Crippen molar-refractivity contribution in [3.05, 3.63) is 11.6 Å². The minimum atomic E-state index is -0.670. The molecule has 6 heteroatoms. The molecule has 2 atom stereocenters. The summed E-state index contributed by atoms with van der Waals surface area (Å²) in [6.07, 6.45) is 3.54. The van der Waals surface area contributed by atoms with Crippen molar-refractivity contribution in [1.82, 2.24) is 20.1 Å². The molecule has 100 valence electrons. The Labute approximate surface area is 106 Å². The molecule has 2 N–H and O–H groups in total. The normalized spacial score (nSPS) is 24.1. The molecule has 1 aromatic heterocycles. The van der Waals surface area contributed by atoms with E-state index in [-0.39, 0.29) is 12.0 Å². The topological polar surface area (TPSA) is 80.0 Å². The second-order valence-corrected chi connectivity index (χ2v) is 5.00. The zero-order valence-electron chi connectivity index (χ0n) is 10.9. The van der Waals surface area contributed by atoms with Gasteiger partial charge in [0.1, 0.15) is 11.6 Å². The summed E-state index contributed by atoms with van der Waals surface area (Å²) in [4.78, 5) is 11.0. The molecule has 1 heterocycles. The van der Waals surface area contributed by atoms with Crippen LogP contribution in [0.2, 0.25) is 0 Å². The molecule has 1 aromatic rings. The number of carbonyl (C=O) groups is 1. The lowest BCUT2D eigenvalue weighted by Crippen LogP contribution is -2.36. The number of aromatic nitrogens is 3. The first-order valence-corrected chi connectivity index (χ1v) is 6.39. The van der Waals surface area contributed by atoms with E-state index in [4.69, 9.17) is 5.11 Å². The smallest absolute Gasteiger partial charge is 0.306 e. The fraction of sp³-hybridized carbons (Fsp3) is 0.750. The first-order chi connectivity index (χ1) is 8.58. The highest BCUT2D eigenvalue weighted by atomic mass is 16.4. The van der Waals surface area contributed by atoms with E-state index in [1.165, 1.54) is 0 Å². The molecular weight excluding hydrogens is 232 g/mol. The Balaban J connectivity index is 1.86. The van der Waals surface area contributed by atoms with Gasteiger partial charge in [-0.3, -0.25) is 4.79 Å². The van der Waals surface area contributed by atoms with Gasteiger partial charge < -0.3 is 15.0 Å². The molecule has 18 heavy (non-hydrogen) atoms. The lowest BCUT2D eigenvalue weighted by atomic mass is 9.86. The Morgan fingerprint density at radius 3 is 2.89 bits per heavy atom. The quantitative estimate of drug-likeness (QED) is 0.830. The predicted octanol–water partition coefficient (Wildman–Crippen LogP) is 0.857. The van der Waals surface area contributed by atoms with Crippen LogP contribution < -0.4 is 5.32 Å². The number of carboxylic acids is 1. The van der Waals surface area contributed by atoms with Crippen LogP contribution in [-0.2, 0) is 18.4 Å². The first-order valence-electron chi connectivity index (χ1n) is 6.39. The number of rotatable bonds is 4. The summed E-state index contributed by atoms with van der Waals surface area (Å²) in [6.45, 7) is 2.56. The maximum Gasteiger partial charge on any atom is 0.306 e. The number of hydrogen-bond acceptors (Lipinski definition) is 4. The number of nitrogens with zero attached hydrogens (tertiary/aromatic N) is 3. The van der Waals surface area contributed by atoms with Crippen molar-refractivity contribution in [3.63, 3.8) is 0 Å². The number of aryl methyl sites for hydroxylation is 1. The summed E-state index contributed by atoms with van der Waals surface area (Å²) in [5.41, 5.74) is 0.